The summed E-state index contributed by atoms with van der Waals surface area (Å²) in [6, 6.07) is 0. The molecular weight excluding hydrogens is 226 g/mol. The minimum absolute atomic E-state index is 0. The molecule has 0 aromatic rings. The highest BCUT2D eigenvalue weighted by molar-refractivity contribution is 5.77. The molecular formula is C15H33NO2. The van der Waals surface area contributed by atoms with Crippen molar-refractivity contribution in [3.63, 3.8) is 0 Å². The zero-order valence-corrected chi connectivity index (χ0v) is 12.6. The minimum Gasteiger partial charge on any atom is -0.381 e. The van der Waals surface area contributed by atoms with Gasteiger partial charge in [-0.2, -0.15) is 0 Å². The van der Waals surface area contributed by atoms with E-state index >= 15 is 0 Å². The van der Waals surface area contributed by atoms with Gasteiger partial charge in [-0.1, -0.05) is 40.5 Å². The summed E-state index contributed by atoms with van der Waals surface area (Å²) < 4.78 is 5.56. The first-order valence-electron chi connectivity index (χ1n) is 7.39. The van der Waals surface area contributed by atoms with Gasteiger partial charge in [0.2, 0.25) is 5.91 Å². The monoisotopic (exact) mass is 259 g/mol. The topological polar surface area (TPSA) is 38.3 Å². The van der Waals surface area contributed by atoms with Crippen LogP contribution >= 0.6 is 0 Å². The highest BCUT2D eigenvalue weighted by atomic mass is 16.5. The summed E-state index contributed by atoms with van der Waals surface area (Å²) >= 11 is 0. The number of ether oxygens (including phenoxy) is 1. The van der Waals surface area contributed by atoms with Crippen molar-refractivity contribution in [2.75, 3.05) is 19.8 Å². The lowest BCUT2D eigenvalue weighted by Crippen LogP contribution is -2.28. The lowest BCUT2D eigenvalue weighted by atomic mass is 10.1. The zero-order valence-electron chi connectivity index (χ0n) is 12.6. The Morgan fingerprint density at radius 2 is 1.67 bits per heavy atom. The van der Waals surface area contributed by atoms with Gasteiger partial charge in [0.05, 0.1) is 0 Å². The van der Waals surface area contributed by atoms with E-state index in [-0.39, 0.29) is 13.3 Å². The fourth-order valence-electron chi connectivity index (χ4n) is 1.60. The molecule has 0 aliphatic heterocycles. The van der Waals surface area contributed by atoms with E-state index < -0.39 is 0 Å². The van der Waals surface area contributed by atoms with Crippen LogP contribution in [0.4, 0.5) is 0 Å². The Hall–Kier alpha value is -0.570. The Labute approximate surface area is 114 Å². The molecule has 1 amide bonds. The Morgan fingerprint density at radius 1 is 1.06 bits per heavy atom. The Morgan fingerprint density at radius 3 is 2.22 bits per heavy atom. The molecule has 0 bridgehead atoms. The van der Waals surface area contributed by atoms with E-state index in [1.807, 2.05) is 13.8 Å². The van der Waals surface area contributed by atoms with Gasteiger partial charge >= 0.3 is 0 Å². The first-order chi connectivity index (χ1) is 8.54. The van der Waals surface area contributed by atoms with E-state index in [1.165, 1.54) is 19.3 Å². The van der Waals surface area contributed by atoms with E-state index in [0.29, 0.717) is 0 Å². The average molecular weight is 259 g/mol. The van der Waals surface area contributed by atoms with Crippen LogP contribution in [0, 0.1) is 11.8 Å². The predicted molar refractivity (Wildman–Crippen MR) is 78.7 cm³/mol. The highest BCUT2D eigenvalue weighted by Crippen LogP contribution is 2.06. The molecule has 0 radical (unpaired) electrons. The van der Waals surface area contributed by atoms with Crippen LogP contribution in [-0.4, -0.2) is 25.7 Å². The van der Waals surface area contributed by atoms with Crippen molar-refractivity contribution in [2.24, 2.45) is 11.8 Å². The van der Waals surface area contributed by atoms with Crippen LogP contribution in [-0.2, 0) is 9.53 Å². The number of hydrogen-bond donors (Lipinski definition) is 1. The second-order valence-corrected chi connectivity index (χ2v) is 5.65. The third-order valence-electron chi connectivity index (χ3n) is 2.86. The van der Waals surface area contributed by atoms with Gasteiger partial charge in [0.1, 0.15) is 0 Å². The maximum Gasteiger partial charge on any atom is 0.222 e. The average Bonchev–Trinajstić information content (AvgIpc) is 2.30. The molecule has 0 unspecified atom stereocenters. The van der Waals surface area contributed by atoms with Crippen LogP contribution in [0.2, 0.25) is 0 Å². The molecule has 0 heterocycles. The predicted octanol–water partition coefficient (Wildman–Crippen LogP) is 3.63. The van der Waals surface area contributed by atoms with Gasteiger partial charge in [-0.25, -0.2) is 0 Å². The molecule has 0 atom stereocenters. The van der Waals surface area contributed by atoms with Crippen molar-refractivity contribution < 1.29 is 11.0 Å². The molecule has 0 saturated carbocycles. The summed E-state index contributed by atoms with van der Waals surface area (Å²) in [6.45, 7) is 10.8. The molecule has 3 heteroatoms. The minimum atomic E-state index is 0. The Bertz CT molecular complexity index is 208. The summed E-state index contributed by atoms with van der Waals surface area (Å²) in [5, 5.41) is 2.91. The molecule has 0 spiro atoms. The maximum absolute atomic E-state index is 11.3. The molecule has 18 heavy (non-hydrogen) atoms. The number of amides is 1. The summed E-state index contributed by atoms with van der Waals surface area (Å²) in [7, 11) is 0. The van der Waals surface area contributed by atoms with Gasteiger partial charge in [0.15, 0.2) is 0 Å². The van der Waals surface area contributed by atoms with E-state index in [1.54, 1.807) is 0 Å². The van der Waals surface area contributed by atoms with Crippen molar-refractivity contribution in [3.8, 4) is 0 Å². The van der Waals surface area contributed by atoms with E-state index in [9.17, 15) is 4.79 Å². The maximum atomic E-state index is 11.3. The van der Waals surface area contributed by atoms with Crippen molar-refractivity contribution >= 4 is 5.91 Å². The van der Waals surface area contributed by atoms with E-state index in [2.05, 4.69) is 19.2 Å². The fourth-order valence-corrected chi connectivity index (χ4v) is 1.60. The Balaban J connectivity index is 0. The van der Waals surface area contributed by atoms with Crippen molar-refractivity contribution in [1.29, 1.82) is 0 Å². The SMILES string of the molecule is CC(C)CCCCOCCCCNC(=O)C(C)C.[HH]. The molecule has 1 N–H and O–H groups in total. The highest BCUT2D eigenvalue weighted by Gasteiger charge is 2.04. The molecule has 0 aliphatic rings. The number of hydrogen-bond acceptors (Lipinski definition) is 2. The number of unbranched alkanes of at least 4 members (excludes halogenated alkanes) is 2. The molecule has 0 aliphatic carbocycles. The van der Waals surface area contributed by atoms with Gasteiger partial charge in [0, 0.05) is 27.1 Å². The lowest BCUT2D eigenvalue weighted by Gasteiger charge is -2.08. The van der Waals surface area contributed by atoms with Crippen molar-refractivity contribution in [1.82, 2.24) is 5.32 Å². The van der Waals surface area contributed by atoms with Crippen LogP contribution in [0.1, 0.15) is 61.2 Å². The van der Waals surface area contributed by atoms with E-state index in [4.69, 9.17) is 4.74 Å². The molecule has 3 nitrogen and oxygen atoms in total. The van der Waals surface area contributed by atoms with Crippen molar-refractivity contribution in [3.05, 3.63) is 0 Å². The molecule has 0 aromatic heterocycles. The van der Waals surface area contributed by atoms with E-state index in [0.717, 1.165) is 38.5 Å². The number of nitrogens with one attached hydrogen (secondary N) is 1. The lowest BCUT2D eigenvalue weighted by molar-refractivity contribution is -0.123. The van der Waals surface area contributed by atoms with Gasteiger partial charge in [0.25, 0.3) is 0 Å². The van der Waals surface area contributed by atoms with Gasteiger partial charge < -0.3 is 10.1 Å². The summed E-state index contributed by atoms with van der Waals surface area (Å²) in [4.78, 5) is 11.3. The number of carbonyl (C=O) groups is 1. The van der Waals surface area contributed by atoms with Gasteiger partial charge in [-0.15, -0.1) is 0 Å². The quantitative estimate of drug-likeness (QED) is 0.575. The molecule has 0 saturated heterocycles. The normalized spacial score (nSPS) is 11.2. The smallest absolute Gasteiger partial charge is 0.222 e. The summed E-state index contributed by atoms with van der Waals surface area (Å²) in [5.41, 5.74) is 0. The van der Waals surface area contributed by atoms with Crippen LogP contribution in [0.15, 0.2) is 0 Å². The molecule has 0 aromatic carbocycles. The second kappa shape index (κ2) is 11.5. The fraction of sp³-hybridized carbons (Fsp3) is 0.933. The largest absolute Gasteiger partial charge is 0.381 e. The number of carbonyl (C=O) groups excluding carboxylic acids is 1. The van der Waals surface area contributed by atoms with Gasteiger partial charge in [-0.05, 0) is 25.2 Å². The standard InChI is InChI=1S/C15H31NO2.H2/c1-13(2)9-5-7-11-18-12-8-6-10-16-15(17)14(3)4;/h13-14H,5-12H2,1-4H3,(H,16,17);1H. The third-order valence-corrected chi connectivity index (χ3v) is 2.86. The zero-order chi connectivity index (χ0) is 13.8. The van der Waals surface area contributed by atoms with Crippen LogP contribution in [0.25, 0.3) is 0 Å². The van der Waals surface area contributed by atoms with Crippen molar-refractivity contribution in [2.45, 2.75) is 59.8 Å². The third kappa shape index (κ3) is 11.9. The first-order valence-corrected chi connectivity index (χ1v) is 7.39. The Kier molecular flexibility index (Phi) is 11.2. The first kappa shape index (κ1) is 17.4. The van der Waals surface area contributed by atoms with Crippen LogP contribution in [0.3, 0.4) is 0 Å². The molecule has 0 fully saturated rings. The van der Waals surface area contributed by atoms with Crippen LogP contribution in [0.5, 0.6) is 0 Å². The summed E-state index contributed by atoms with van der Waals surface area (Å²) in [6.07, 6.45) is 5.77. The van der Waals surface area contributed by atoms with Gasteiger partial charge in [-0.3, -0.25) is 4.79 Å². The molecule has 110 valence electrons. The number of rotatable bonds is 11. The molecule has 0 rings (SSSR count). The summed E-state index contributed by atoms with van der Waals surface area (Å²) in [5.74, 6) is 1.03. The van der Waals surface area contributed by atoms with Crippen LogP contribution < -0.4 is 5.32 Å². The second-order valence-electron chi connectivity index (χ2n) is 5.65.